The van der Waals surface area contributed by atoms with Crippen LogP contribution in [0.1, 0.15) is 29.6 Å². The Morgan fingerprint density at radius 3 is 2.81 bits per heavy atom. The molecule has 0 bridgehead atoms. The zero-order valence-electron chi connectivity index (χ0n) is 11.4. The Bertz CT molecular complexity index is 530. The monoisotopic (exact) mass is 312 g/mol. The first-order valence-electron chi connectivity index (χ1n) is 6.75. The highest BCUT2D eigenvalue weighted by atomic mass is 35.5. The lowest BCUT2D eigenvalue weighted by atomic mass is 10.1. The van der Waals surface area contributed by atoms with E-state index in [-0.39, 0.29) is 16.7 Å². The summed E-state index contributed by atoms with van der Waals surface area (Å²) in [5, 5.41) is 14.5. The number of halogens is 1. The van der Waals surface area contributed by atoms with Gasteiger partial charge in [-0.2, -0.15) is 0 Å². The molecule has 114 valence electrons. The maximum atomic E-state index is 11.8. The lowest BCUT2D eigenvalue weighted by Gasteiger charge is -2.22. The van der Waals surface area contributed by atoms with Crippen LogP contribution >= 0.6 is 11.6 Å². The molecule has 1 unspecified atom stereocenters. The third kappa shape index (κ3) is 4.91. The number of anilines is 1. The van der Waals surface area contributed by atoms with Crippen LogP contribution in [0.2, 0.25) is 5.02 Å². The molecule has 1 aromatic rings. The van der Waals surface area contributed by atoms with Gasteiger partial charge in [0.2, 0.25) is 0 Å². The standard InChI is InChI=1S/C14H17ClN2O4/c15-10-5-9(13(18)19)6-11(7-10)17-14(20)16-8-12-3-1-2-4-21-12/h5-7,12H,1-4,8H2,(H,18,19)(H2,16,17,20). The molecule has 0 aliphatic carbocycles. The first-order chi connectivity index (χ1) is 10.0. The first kappa shape index (κ1) is 15.6. The molecule has 1 aliphatic heterocycles. The van der Waals surface area contributed by atoms with Crippen molar-refractivity contribution in [1.82, 2.24) is 5.32 Å². The Labute approximate surface area is 127 Å². The molecule has 0 radical (unpaired) electrons. The van der Waals surface area contributed by atoms with Gasteiger partial charge in [0.05, 0.1) is 11.7 Å². The minimum absolute atomic E-state index is 0.0217. The second-order valence-electron chi connectivity index (χ2n) is 4.86. The Kier molecular flexibility index (Phi) is 5.41. The number of hydrogen-bond donors (Lipinski definition) is 3. The van der Waals surface area contributed by atoms with Crippen LogP contribution in [0.3, 0.4) is 0 Å². The fourth-order valence-electron chi connectivity index (χ4n) is 2.14. The third-order valence-electron chi connectivity index (χ3n) is 3.17. The maximum Gasteiger partial charge on any atom is 0.335 e. The highest BCUT2D eigenvalue weighted by molar-refractivity contribution is 6.31. The van der Waals surface area contributed by atoms with Crippen LogP contribution in [0.15, 0.2) is 18.2 Å². The predicted octanol–water partition coefficient (Wildman–Crippen LogP) is 2.73. The number of nitrogens with one attached hydrogen (secondary N) is 2. The number of carbonyl (C=O) groups excluding carboxylic acids is 1. The molecular weight excluding hydrogens is 296 g/mol. The first-order valence-corrected chi connectivity index (χ1v) is 7.13. The van der Waals surface area contributed by atoms with Crippen molar-refractivity contribution in [3.63, 3.8) is 0 Å². The predicted molar refractivity (Wildman–Crippen MR) is 79.0 cm³/mol. The number of amides is 2. The zero-order chi connectivity index (χ0) is 15.2. The van der Waals surface area contributed by atoms with Gasteiger partial charge in [-0.25, -0.2) is 9.59 Å². The molecule has 1 saturated heterocycles. The molecule has 7 heteroatoms. The van der Waals surface area contributed by atoms with Crippen molar-refractivity contribution >= 4 is 29.3 Å². The Balaban J connectivity index is 1.88. The van der Waals surface area contributed by atoms with Crippen molar-refractivity contribution in [2.75, 3.05) is 18.5 Å². The number of benzene rings is 1. The summed E-state index contributed by atoms with van der Waals surface area (Å²) < 4.78 is 5.51. The molecule has 0 aromatic heterocycles. The summed E-state index contributed by atoms with van der Waals surface area (Å²) in [7, 11) is 0. The molecule has 21 heavy (non-hydrogen) atoms. The van der Waals surface area contributed by atoms with Gasteiger partial charge >= 0.3 is 12.0 Å². The second kappa shape index (κ2) is 7.28. The minimum Gasteiger partial charge on any atom is -0.478 e. The fraction of sp³-hybridized carbons (Fsp3) is 0.429. The molecule has 1 heterocycles. The summed E-state index contributed by atoms with van der Waals surface area (Å²) in [5.74, 6) is -1.10. The summed E-state index contributed by atoms with van der Waals surface area (Å²) in [6, 6.07) is 3.75. The van der Waals surface area contributed by atoms with Gasteiger partial charge < -0.3 is 20.5 Å². The van der Waals surface area contributed by atoms with Crippen molar-refractivity contribution < 1.29 is 19.4 Å². The lowest BCUT2D eigenvalue weighted by molar-refractivity contribution is 0.0187. The number of carboxylic acids is 1. The second-order valence-corrected chi connectivity index (χ2v) is 5.29. The van der Waals surface area contributed by atoms with Gasteiger partial charge in [-0.15, -0.1) is 0 Å². The number of urea groups is 1. The van der Waals surface area contributed by atoms with E-state index in [4.69, 9.17) is 21.4 Å². The van der Waals surface area contributed by atoms with E-state index in [1.807, 2.05) is 0 Å². The number of carbonyl (C=O) groups is 2. The number of hydrogen-bond acceptors (Lipinski definition) is 3. The Morgan fingerprint density at radius 1 is 1.33 bits per heavy atom. The van der Waals surface area contributed by atoms with E-state index in [1.54, 1.807) is 0 Å². The SMILES string of the molecule is O=C(NCC1CCCCO1)Nc1cc(Cl)cc(C(=O)O)c1. The zero-order valence-corrected chi connectivity index (χ0v) is 12.2. The summed E-state index contributed by atoms with van der Waals surface area (Å²) in [5.41, 5.74) is 0.357. The molecule has 1 aliphatic rings. The molecule has 2 amide bonds. The van der Waals surface area contributed by atoms with Crippen LogP contribution in [0.25, 0.3) is 0 Å². The van der Waals surface area contributed by atoms with Crippen LogP contribution in [0.5, 0.6) is 0 Å². The van der Waals surface area contributed by atoms with E-state index in [2.05, 4.69) is 10.6 Å². The highest BCUT2D eigenvalue weighted by Gasteiger charge is 2.15. The van der Waals surface area contributed by atoms with Crippen LogP contribution in [-0.4, -0.2) is 36.4 Å². The third-order valence-corrected chi connectivity index (χ3v) is 3.39. The molecular formula is C14H17ClN2O4. The van der Waals surface area contributed by atoms with Gasteiger partial charge in [0, 0.05) is 23.9 Å². The summed E-state index contributed by atoms with van der Waals surface area (Å²) in [6.45, 7) is 1.16. The average Bonchev–Trinajstić information content (AvgIpc) is 2.45. The molecule has 1 atom stereocenters. The number of rotatable bonds is 4. The van der Waals surface area contributed by atoms with Gasteiger partial charge in [0.1, 0.15) is 0 Å². The molecule has 1 aromatic carbocycles. The highest BCUT2D eigenvalue weighted by Crippen LogP contribution is 2.19. The summed E-state index contributed by atoms with van der Waals surface area (Å²) in [6.07, 6.45) is 3.13. The van der Waals surface area contributed by atoms with Crippen molar-refractivity contribution in [1.29, 1.82) is 0 Å². The Morgan fingerprint density at radius 2 is 2.14 bits per heavy atom. The molecule has 2 rings (SSSR count). The van der Waals surface area contributed by atoms with Crippen LogP contribution in [-0.2, 0) is 4.74 Å². The molecule has 6 nitrogen and oxygen atoms in total. The smallest absolute Gasteiger partial charge is 0.335 e. The van der Waals surface area contributed by atoms with Gasteiger partial charge in [-0.1, -0.05) is 11.6 Å². The topological polar surface area (TPSA) is 87.7 Å². The van der Waals surface area contributed by atoms with E-state index < -0.39 is 12.0 Å². The van der Waals surface area contributed by atoms with E-state index in [0.29, 0.717) is 12.2 Å². The number of aromatic carboxylic acids is 1. The summed E-state index contributed by atoms with van der Waals surface area (Å²) in [4.78, 5) is 22.7. The summed E-state index contributed by atoms with van der Waals surface area (Å²) >= 11 is 5.82. The van der Waals surface area contributed by atoms with Crippen molar-refractivity contribution in [2.24, 2.45) is 0 Å². The van der Waals surface area contributed by atoms with Crippen LogP contribution in [0, 0.1) is 0 Å². The Hall–Kier alpha value is -1.79. The molecule has 3 N–H and O–H groups in total. The van der Waals surface area contributed by atoms with E-state index in [9.17, 15) is 9.59 Å². The van der Waals surface area contributed by atoms with Gasteiger partial charge in [-0.05, 0) is 37.5 Å². The van der Waals surface area contributed by atoms with Gasteiger partial charge in [0.25, 0.3) is 0 Å². The van der Waals surface area contributed by atoms with Crippen LogP contribution < -0.4 is 10.6 Å². The fourth-order valence-corrected chi connectivity index (χ4v) is 2.37. The van der Waals surface area contributed by atoms with Crippen molar-refractivity contribution in [2.45, 2.75) is 25.4 Å². The maximum absolute atomic E-state index is 11.8. The number of ether oxygens (including phenoxy) is 1. The van der Waals surface area contributed by atoms with E-state index in [0.717, 1.165) is 25.9 Å². The van der Waals surface area contributed by atoms with E-state index >= 15 is 0 Å². The molecule has 0 saturated carbocycles. The van der Waals surface area contributed by atoms with Crippen molar-refractivity contribution in [3.8, 4) is 0 Å². The molecule has 0 spiro atoms. The largest absolute Gasteiger partial charge is 0.478 e. The molecule has 1 fully saturated rings. The van der Waals surface area contributed by atoms with Crippen LogP contribution in [0.4, 0.5) is 10.5 Å². The minimum atomic E-state index is -1.10. The lowest BCUT2D eigenvalue weighted by Crippen LogP contribution is -2.37. The normalized spacial score (nSPS) is 18.0. The number of carboxylic acid groups (broad SMARTS) is 1. The van der Waals surface area contributed by atoms with Gasteiger partial charge in [-0.3, -0.25) is 0 Å². The van der Waals surface area contributed by atoms with Gasteiger partial charge in [0.15, 0.2) is 0 Å². The van der Waals surface area contributed by atoms with Crippen molar-refractivity contribution in [3.05, 3.63) is 28.8 Å². The quantitative estimate of drug-likeness (QED) is 0.797. The average molecular weight is 313 g/mol. The van der Waals surface area contributed by atoms with E-state index in [1.165, 1.54) is 18.2 Å².